The van der Waals surface area contributed by atoms with Crippen LogP contribution in [0.4, 0.5) is 5.69 Å². The van der Waals surface area contributed by atoms with Gasteiger partial charge < -0.3 is 28.7 Å². The van der Waals surface area contributed by atoms with Gasteiger partial charge in [0, 0.05) is 32.4 Å². The van der Waals surface area contributed by atoms with Crippen LogP contribution in [0.3, 0.4) is 0 Å². The van der Waals surface area contributed by atoms with Gasteiger partial charge >= 0.3 is 0 Å². The fourth-order valence-electron chi connectivity index (χ4n) is 3.65. The number of anilines is 1. The van der Waals surface area contributed by atoms with E-state index < -0.39 is 0 Å². The van der Waals surface area contributed by atoms with Crippen LogP contribution in [0.25, 0.3) is 0 Å². The van der Waals surface area contributed by atoms with E-state index in [1.165, 1.54) is 0 Å². The van der Waals surface area contributed by atoms with E-state index in [-0.39, 0.29) is 12.3 Å². The monoisotopic (exact) mass is 414 g/mol. The Morgan fingerprint density at radius 2 is 1.67 bits per heavy atom. The first-order valence-electron chi connectivity index (χ1n) is 10.0. The first-order chi connectivity index (χ1) is 14.6. The second kappa shape index (κ2) is 10.2. The number of methoxy groups -OCH3 is 3. The summed E-state index contributed by atoms with van der Waals surface area (Å²) in [5, 5.41) is 0. The molecule has 0 unspecified atom stereocenters. The van der Waals surface area contributed by atoms with Crippen molar-refractivity contribution < 1.29 is 23.7 Å². The van der Waals surface area contributed by atoms with E-state index in [1.807, 2.05) is 31.3 Å². The van der Waals surface area contributed by atoms with Gasteiger partial charge in [-0.1, -0.05) is 18.2 Å². The van der Waals surface area contributed by atoms with Crippen molar-refractivity contribution in [3.63, 3.8) is 0 Å². The van der Waals surface area contributed by atoms with Crippen LogP contribution in [0.5, 0.6) is 17.2 Å². The summed E-state index contributed by atoms with van der Waals surface area (Å²) in [6.07, 6.45) is 0.243. The van der Waals surface area contributed by atoms with Gasteiger partial charge in [-0.15, -0.1) is 0 Å². The fourth-order valence-corrected chi connectivity index (χ4v) is 3.65. The Balaban J connectivity index is 1.73. The number of para-hydroxylation sites is 1. The number of hydrogen-bond donors (Lipinski definition) is 0. The number of benzene rings is 2. The second-order valence-corrected chi connectivity index (χ2v) is 7.19. The van der Waals surface area contributed by atoms with Crippen molar-refractivity contribution in [2.24, 2.45) is 0 Å². The molecular formula is C23H30N2O5. The van der Waals surface area contributed by atoms with E-state index in [1.54, 1.807) is 26.2 Å². The molecule has 0 bridgehead atoms. The smallest absolute Gasteiger partial charge is 0.227 e. The molecule has 0 spiro atoms. The van der Waals surface area contributed by atoms with Crippen LogP contribution >= 0.6 is 0 Å². The number of hydrogen-bond acceptors (Lipinski definition) is 6. The van der Waals surface area contributed by atoms with Gasteiger partial charge in [-0.3, -0.25) is 4.79 Å². The molecule has 30 heavy (non-hydrogen) atoms. The van der Waals surface area contributed by atoms with Crippen LogP contribution in [0.2, 0.25) is 0 Å². The minimum absolute atomic E-state index is 0.0149. The summed E-state index contributed by atoms with van der Waals surface area (Å²) >= 11 is 0. The molecule has 0 radical (unpaired) electrons. The summed E-state index contributed by atoms with van der Waals surface area (Å²) in [5.74, 6) is 1.62. The van der Waals surface area contributed by atoms with Crippen molar-refractivity contribution in [3.05, 3.63) is 47.5 Å². The van der Waals surface area contributed by atoms with Crippen molar-refractivity contribution in [3.8, 4) is 17.2 Å². The van der Waals surface area contributed by atoms with Crippen LogP contribution in [-0.2, 0) is 22.5 Å². The number of morpholine rings is 1. The number of rotatable bonds is 8. The summed E-state index contributed by atoms with van der Waals surface area (Å²) in [4.78, 5) is 17.0. The van der Waals surface area contributed by atoms with Gasteiger partial charge in [-0.2, -0.15) is 0 Å². The van der Waals surface area contributed by atoms with Crippen molar-refractivity contribution in [1.29, 1.82) is 0 Å². The topological polar surface area (TPSA) is 60.5 Å². The molecule has 2 aromatic carbocycles. The van der Waals surface area contributed by atoms with E-state index in [0.717, 1.165) is 43.1 Å². The van der Waals surface area contributed by atoms with Gasteiger partial charge in [-0.25, -0.2) is 0 Å². The Bertz CT molecular complexity index is 839. The second-order valence-electron chi connectivity index (χ2n) is 7.19. The molecule has 2 aromatic rings. The Labute approximate surface area is 178 Å². The number of likely N-dealkylation sites (N-methyl/N-ethyl adjacent to an activating group) is 1. The lowest BCUT2D eigenvalue weighted by Gasteiger charge is -2.31. The highest BCUT2D eigenvalue weighted by Gasteiger charge is 2.19. The normalized spacial score (nSPS) is 13.7. The van der Waals surface area contributed by atoms with E-state index >= 15 is 0 Å². The van der Waals surface area contributed by atoms with Crippen molar-refractivity contribution in [1.82, 2.24) is 4.90 Å². The first-order valence-corrected chi connectivity index (χ1v) is 10.0. The SMILES string of the molecule is COc1cc(CC(=O)N(C)Cc2ccccc2N2CCOCC2)cc(OC)c1OC. The fraction of sp³-hybridized carbons (Fsp3) is 0.435. The minimum atomic E-state index is 0.0149. The predicted octanol–water partition coefficient (Wildman–Crippen LogP) is 2.75. The molecule has 0 atom stereocenters. The third kappa shape index (κ3) is 4.97. The van der Waals surface area contributed by atoms with Gasteiger partial charge in [-0.05, 0) is 29.3 Å². The quantitative estimate of drug-likeness (QED) is 0.662. The Hall–Kier alpha value is -2.93. The highest BCUT2D eigenvalue weighted by molar-refractivity contribution is 5.79. The molecule has 7 heteroatoms. The molecule has 1 amide bonds. The highest BCUT2D eigenvalue weighted by Crippen LogP contribution is 2.38. The van der Waals surface area contributed by atoms with Gasteiger partial charge in [0.05, 0.1) is 41.0 Å². The number of carbonyl (C=O) groups excluding carboxylic acids is 1. The summed E-state index contributed by atoms with van der Waals surface area (Å²) < 4.78 is 21.6. The summed E-state index contributed by atoms with van der Waals surface area (Å²) in [5.41, 5.74) is 3.09. The largest absolute Gasteiger partial charge is 0.493 e. The zero-order chi connectivity index (χ0) is 21.5. The molecule has 7 nitrogen and oxygen atoms in total. The van der Waals surface area contributed by atoms with Crippen molar-refractivity contribution in [2.75, 3.05) is 59.6 Å². The molecule has 1 aliphatic rings. The van der Waals surface area contributed by atoms with E-state index in [0.29, 0.717) is 23.8 Å². The zero-order valence-electron chi connectivity index (χ0n) is 18.1. The Morgan fingerprint density at radius 3 is 2.27 bits per heavy atom. The third-order valence-corrected chi connectivity index (χ3v) is 5.26. The zero-order valence-corrected chi connectivity index (χ0v) is 18.1. The molecule has 0 aliphatic carbocycles. The molecule has 1 fully saturated rings. The number of carbonyl (C=O) groups is 1. The molecule has 162 valence electrons. The summed E-state index contributed by atoms with van der Waals surface area (Å²) in [7, 11) is 6.52. The average Bonchev–Trinajstić information content (AvgIpc) is 2.79. The van der Waals surface area contributed by atoms with Crippen LogP contribution in [0.15, 0.2) is 36.4 Å². The molecule has 1 aliphatic heterocycles. The first kappa shape index (κ1) is 21.8. The average molecular weight is 415 g/mol. The maximum absolute atomic E-state index is 12.9. The highest BCUT2D eigenvalue weighted by atomic mass is 16.5. The predicted molar refractivity (Wildman–Crippen MR) is 116 cm³/mol. The van der Waals surface area contributed by atoms with Crippen LogP contribution < -0.4 is 19.1 Å². The Kier molecular flexibility index (Phi) is 7.41. The maximum atomic E-state index is 12.9. The molecular weight excluding hydrogens is 384 g/mol. The minimum Gasteiger partial charge on any atom is -0.493 e. The lowest BCUT2D eigenvalue weighted by atomic mass is 10.1. The summed E-state index contributed by atoms with van der Waals surface area (Å²) in [6.45, 7) is 3.71. The van der Waals surface area contributed by atoms with E-state index in [4.69, 9.17) is 18.9 Å². The lowest BCUT2D eigenvalue weighted by Crippen LogP contribution is -2.37. The van der Waals surface area contributed by atoms with Crippen LogP contribution in [-0.4, -0.2) is 65.5 Å². The summed E-state index contributed by atoms with van der Waals surface area (Å²) in [6, 6.07) is 11.9. The van der Waals surface area contributed by atoms with Gasteiger partial charge in [0.1, 0.15) is 0 Å². The maximum Gasteiger partial charge on any atom is 0.227 e. The van der Waals surface area contributed by atoms with Gasteiger partial charge in [0.25, 0.3) is 0 Å². The van der Waals surface area contributed by atoms with E-state index in [9.17, 15) is 4.79 Å². The lowest BCUT2D eigenvalue weighted by molar-refractivity contribution is -0.129. The number of amides is 1. The molecule has 0 N–H and O–H groups in total. The van der Waals surface area contributed by atoms with Crippen LogP contribution in [0.1, 0.15) is 11.1 Å². The number of ether oxygens (including phenoxy) is 4. The third-order valence-electron chi connectivity index (χ3n) is 5.26. The standard InChI is InChI=1S/C23H30N2O5/c1-24(16-18-7-5-6-8-19(18)25-9-11-30-12-10-25)22(26)15-17-13-20(27-2)23(29-4)21(14-17)28-3/h5-8,13-14H,9-12,15-16H2,1-4H3. The molecule has 1 saturated heterocycles. The van der Waals surface area contributed by atoms with E-state index in [2.05, 4.69) is 17.0 Å². The van der Waals surface area contributed by atoms with Crippen molar-refractivity contribution >= 4 is 11.6 Å². The number of nitrogens with zero attached hydrogens (tertiary/aromatic N) is 2. The molecule has 0 saturated carbocycles. The molecule has 1 heterocycles. The molecule has 3 rings (SSSR count). The molecule has 0 aromatic heterocycles. The van der Waals surface area contributed by atoms with Gasteiger partial charge in [0.2, 0.25) is 11.7 Å². The Morgan fingerprint density at radius 1 is 1.03 bits per heavy atom. The van der Waals surface area contributed by atoms with Crippen molar-refractivity contribution in [2.45, 2.75) is 13.0 Å². The van der Waals surface area contributed by atoms with Gasteiger partial charge in [0.15, 0.2) is 11.5 Å². The van der Waals surface area contributed by atoms with Crippen LogP contribution in [0, 0.1) is 0 Å².